The van der Waals surface area contributed by atoms with Crippen molar-refractivity contribution in [3.05, 3.63) is 23.2 Å². The van der Waals surface area contributed by atoms with Gasteiger partial charge in [-0.05, 0) is 30.9 Å². The smallest absolute Gasteiger partial charge is 0.138 e. The fourth-order valence-corrected chi connectivity index (χ4v) is 1.96. The van der Waals surface area contributed by atoms with E-state index < -0.39 is 0 Å². The average molecular weight is 243 g/mol. The van der Waals surface area contributed by atoms with Crippen LogP contribution in [0.25, 0.3) is 0 Å². The maximum Gasteiger partial charge on any atom is 0.138 e. The van der Waals surface area contributed by atoms with Gasteiger partial charge in [-0.25, -0.2) is 0 Å². The number of phenolic OH excluding ortho intramolecular Hbond substituents is 1. The number of halogens is 1. The molecule has 1 heterocycles. The first-order valence-electron chi connectivity index (χ1n) is 5.45. The highest BCUT2D eigenvalue weighted by molar-refractivity contribution is 6.32. The van der Waals surface area contributed by atoms with Crippen molar-refractivity contribution in [1.82, 2.24) is 0 Å². The van der Waals surface area contributed by atoms with Crippen molar-refractivity contribution in [2.45, 2.75) is 12.8 Å². The van der Waals surface area contributed by atoms with Crippen LogP contribution in [0.1, 0.15) is 12.8 Å². The molecule has 1 fully saturated rings. The molecule has 1 N–H and O–H groups in total. The molecule has 0 atom stereocenters. The van der Waals surface area contributed by atoms with Crippen LogP contribution in [-0.4, -0.2) is 24.9 Å². The maximum atomic E-state index is 9.20. The van der Waals surface area contributed by atoms with Gasteiger partial charge in [0.25, 0.3) is 0 Å². The van der Waals surface area contributed by atoms with Crippen LogP contribution in [0.5, 0.6) is 11.5 Å². The van der Waals surface area contributed by atoms with Crippen LogP contribution in [0.4, 0.5) is 0 Å². The maximum absolute atomic E-state index is 9.20. The number of rotatable bonds is 3. The second-order valence-electron chi connectivity index (χ2n) is 3.98. The third-order valence-corrected chi connectivity index (χ3v) is 3.03. The van der Waals surface area contributed by atoms with Gasteiger partial charge >= 0.3 is 0 Å². The molecular formula is C12H15ClO3. The Balaban J connectivity index is 1.88. The number of phenols is 1. The molecule has 4 heteroatoms. The monoisotopic (exact) mass is 242 g/mol. The van der Waals surface area contributed by atoms with Crippen molar-refractivity contribution in [3.63, 3.8) is 0 Å². The molecule has 0 amide bonds. The average Bonchev–Trinajstić information content (AvgIpc) is 2.29. The summed E-state index contributed by atoms with van der Waals surface area (Å²) in [4.78, 5) is 0. The lowest BCUT2D eigenvalue weighted by Crippen LogP contribution is -2.21. The van der Waals surface area contributed by atoms with E-state index >= 15 is 0 Å². The van der Waals surface area contributed by atoms with Gasteiger partial charge in [0.2, 0.25) is 0 Å². The van der Waals surface area contributed by atoms with Crippen molar-refractivity contribution in [2.24, 2.45) is 5.92 Å². The van der Waals surface area contributed by atoms with E-state index in [1.807, 2.05) is 0 Å². The molecule has 1 aliphatic heterocycles. The summed E-state index contributed by atoms with van der Waals surface area (Å²) >= 11 is 5.94. The predicted molar refractivity (Wildman–Crippen MR) is 62.2 cm³/mol. The molecule has 0 unspecified atom stereocenters. The van der Waals surface area contributed by atoms with E-state index in [0.29, 0.717) is 23.3 Å². The zero-order valence-electron chi connectivity index (χ0n) is 8.99. The summed E-state index contributed by atoms with van der Waals surface area (Å²) in [5, 5.41) is 9.65. The molecule has 0 radical (unpaired) electrons. The van der Waals surface area contributed by atoms with E-state index in [4.69, 9.17) is 21.1 Å². The van der Waals surface area contributed by atoms with Gasteiger partial charge in [-0.3, -0.25) is 0 Å². The zero-order chi connectivity index (χ0) is 11.4. The summed E-state index contributed by atoms with van der Waals surface area (Å²) in [5.41, 5.74) is 0. The van der Waals surface area contributed by atoms with E-state index in [2.05, 4.69) is 0 Å². The van der Waals surface area contributed by atoms with Crippen molar-refractivity contribution in [3.8, 4) is 11.5 Å². The Bertz CT molecular complexity index is 348. The SMILES string of the molecule is Oc1ccc(OCC2CCOCC2)c(Cl)c1. The van der Waals surface area contributed by atoms with Gasteiger partial charge in [0.05, 0.1) is 11.6 Å². The molecule has 1 aliphatic rings. The highest BCUT2D eigenvalue weighted by atomic mass is 35.5. The normalized spacial score (nSPS) is 17.3. The third kappa shape index (κ3) is 3.03. The van der Waals surface area contributed by atoms with Crippen LogP contribution in [-0.2, 0) is 4.74 Å². The molecule has 3 nitrogen and oxygen atoms in total. The molecule has 1 saturated heterocycles. The summed E-state index contributed by atoms with van der Waals surface area (Å²) in [5.74, 6) is 1.33. The molecule has 1 aromatic rings. The van der Waals surface area contributed by atoms with Gasteiger partial charge < -0.3 is 14.6 Å². The first kappa shape index (κ1) is 11.6. The van der Waals surface area contributed by atoms with Crippen LogP contribution in [0, 0.1) is 5.92 Å². The van der Waals surface area contributed by atoms with Crippen LogP contribution in [0.2, 0.25) is 5.02 Å². The molecule has 0 bridgehead atoms. The Labute approximate surface area is 99.9 Å². The topological polar surface area (TPSA) is 38.7 Å². The fourth-order valence-electron chi connectivity index (χ4n) is 1.73. The molecule has 0 spiro atoms. The lowest BCUT2D eigenvalue weighted by atomic mass is 10.0. The van der Waals surface area contributed by atoms with Crippen molar-refractivity contribution < 1.29 is 14.6 Å². The molecule has 0 saturated carbocycles. The number of hydrogen-bond donors (Lipinski definition) is 1. The lowest BCUT2D eigenvalue weighted by molar-refractivity contribution is 0.0498. The first-order chi connectivity index (χ1) is 7.75. The summed E-state index contributed by atoms with van der Waals surface area (Å²) < 4.78 is 10.9. The largest absolute Gasteiger partial charge is 0.508 e. The van der Waals surface area contributed by atoms with Crippen LogP contribution in [0.3, 0.4) is 0 Å². The van der Waals surface area contributed by atoms with Crippen molar-refractivity contribution in [1.29, 1.82) is 0 Å². The highest BCUT2D eigenvalue weighted by Gasteiger charge is 2.15. The van der Waals surface area contributed by atoms with Gasteiger partial charge in [0.1, 0.15) is 11.5 Å². The van der Waals surface area contributed by atoms with Crippen LogP contribution >= 0.6 is 11.6 Å². The van der Waals surface area contributed by atoms with E-state index in [1.165, 1.54) is 6.07 Å². The minimum absolute atomic E-state index is 0.156. The summed E-state index contributed by atoms with van der Waals surface area (Å²) in [7, 11) is 0. The van der Waals surface area contributed by atoms with Gasteiger partial charge in [-0.15, -0.1) is 0 Å². The Morgan fingerprint density at radius 3 is 2.81 bits per heavy atom. The minimum atomic E-state index is 0.156. The third-order valence-electron chi connectivity index (χ3n) is 2.73. The lowest BCUT2D eigenvalue weighted by Gasteiger charge is -2.22. The number of hydrogen-bond acceptors (Lipinski definition) is 3. The van der Waals surface area contributed by atoms with E-state index in [1.54, 1.807) is 12.1 Å². The molecule has 0 aliphatic carbocycles. The summed E-state index contributed by atoms with van der Waals surface area (Å²) in [6.07, 6.45) is 2.07. The number of benzene rings is 1. The summed E-state index contributed by atoms with van der Waals surface area (Å²) in [6.45, 7) is 2.29. The predicted octanol–water partition coefficient (Wildman–Crippen LogP) is 2.85. The van der Waals surface area contributed by atoms with E-state index in [-0.39, 0.29) is 5.75 Å². The zero-order valence-corrected chi connectivity index (χ0v) is 9.74. The molecule has 0 aromatic heterocycles. The van der Waals surface area contributed by atoms with Gasteiger partial charge in [0, 0.05) is 19.3 Å². The Morgan fingerprint density at radius 1 is 1.38 bits per heavy atom. The Hall–Kier alpha value is -0.930. The van der Waals surface area contributed by atoms with Crippen molar-refractivity contribution in [2.75, 3.05) is 19.8 Å². The standard InChI is InChI=1S/C12H15ClO3/c13-11-7-10(14)1-2-12(11)16-8-9-3-5-15-6-4-9/h1-2,7,9,14H,3-6,8H2. The molecule has 88 valence electrons. The van der Waals surface area contributed by atoms with Gasteiger partial charge in [0.15, 0.2) is 0 Å². The Kier molecular flexibility index (Phi) is 3.91. The molecule has 1 aromatic carbocycles. The van der Waals surface area contributed by atoms with E-state index in [0.717, 1.165) is 26.1 Å². The van der Waals surface area contributed by atoms with Gasteiger partial charge in [-0.2, -0.15) is 0 Å². The van der Waals surface area contributed by atoms with Crippen molar-refractivity contribution >= 4 is 11.6 Å². The minimum Gasteiger partial charge on any atom is -0.508 e. The highest BCUT2D eigenvalue weighted by Crippen LogP contribution is 2.29. The first-order valence-corrected chi connectivity index (χ1v) is 5.82. The molecular weight excluding hydrogens is 228 g/mol. The van der Waals surface area contributed by atoms with Gasteiger partial charge in [-0.1, -0.05) is 11.6 Å². The van der Waals surface area contributed by atoms with Crippen LogP contribution < -0.4 is 4.74 Å². The fraction of sp³-hybridized carbons (Fsp3) is 0.500. The number of aromatic hydroxyl groups is 1. The molecule has 16 heavy (non-hydrogen) atoms. The Morgan fingerprint density at radius 2 is 2.12 bits per heavy atom. The quantitative estimate of drug-likeness (QED) is 0.886. The summed E-state index contributed by atoms with van der Waals surface area (Å²) in [6, 6.07) is 4.75. The van der Waals surface area contributed by atoms with E-state index in [9.17, 15) is 5.11 Å². The van der Waals surface area contributed by atoms with Crippen LogP contribution in [0.15, 0.2) is 18.2 Å². The number of ether oxygens (including phenoxy) is 2. The second kappa shape index (κ2) is 5.41. The molecule has 2 rings (SSSR count). The second-order valence-corrected chi connectivity index (χ2v) is 4.39.